The van der Waals surface area contributed by atoms with Gasteiger partial charge in [0, 0.05) is 0 Å². The fourth-order valence-corrected chi connectivity index (χ4v) is 2.15. The van der Waals surface area contributed by atoms with Gasteiger partial charge >= 0.3 is 94.9 Å². The number of nitrogens with one attached hydrogen (secondary N) is 1. The van der Waals surface area contributed by atoms with Gasteiger partial charge < -0.3 is 0 Å². The van der Waals surface area contributed by atoms with E-state index >= 15 is 0 Å². The van der Waals surface area contributed by atoms with Crippen LogP contribution in [-0.2, 0) is 13.3 Å². The predicted molar refractivity (Wildman–Crippen MR) is 57.5 cm³/mol. The van der Waals surface area contributed by atoms with E-state index in [-0.39, 0.29) is 10.9 Å². The summed E-state index contributed by atoms with van der Waals surface area (Å²) in [6.45, 7) is 0.0107. The molecule has 16 heavy (non-hydrogen) atoms. The molecule has 0 aliphatic heterocycles. The van der Waals surface area contributed by atoms with Gasteiger partial charge in [-0.05, 0) is 0 Å². The van der Waals surface area contributed by atoms with Gasteiger partial charge in [-0.15, -0.1) is 0 Å². The van der Waals surface area contributed by atoms with Crippen molar-refractivity contribution < 1.29 is 21.5 Å². The van der Waals surface area contributed by atoms with Crippen LogP contribution in [0.3, 0.4) is 0 Å². The first-order chi connectivity index (χ1) is 7.43. The van der Waals surface area contributed by atoms with E-state index in [0.29, 0.717) is 5.69 Å². The van der Waals surface area contributed by atoms with Gasteiger partial charge in [-0.3, -0.25) is 0 Å². The quantitative estimate of drug-likeness (QED) is 0.477. The number of hydrogen-bond acceptors (Lipinski definition) is 4. The second-order valence-electron chi connectivity index (χ2n) is 3.02. The minimum absolute atomic E-state index is 0.00161. The molecule has 0 saturated heterocycles. The molecule has 0 fully saturated rings. The van der Waals surface area contributed by atoms with Crippen molar-refractivity contribution in [2.75, 3.05) is 19.0 Å². The molecule has 0 saturated carbocycles. The van der Waals surface area contributed by atoms with Gasteiger partial charge in [0.2, 0.25) is 0 Å². The summed E-state index contributed by atoms with van der Waals surface area (Å²) >= 11 is -4.81. The molecule has 0 atom stereocenters. The first kappa shape index (κ1) is 12.8. The number of esters is 1. The van der Waals surface area contributed by atoms with Gasteiger partial charge in [0.1, 0.15) is 0 Å². The summed E-state index contributed by atoms with van der Waals surface area (Å²) in [6, 6.07) is 5.66. The Labute approximate surface area is 95.2 Å². The van der Waals surface area contributed by atoms with E-state index in [0.717, 1.165) is 0 Å². The Kier molecular flexibility index (Phi) is 4.18. The summed E-state index contributed by atoms with van der Waals surface area (Å²) < 4.78 is 33.2. The summed E-state index contributed by atoms with van der Waals surface area (Å²) in [6.07, 6.45) is 0. The molecule has 0 spiro atoms. The van der Waals surface area contributed by atoms with Crippen molar-refractivity contribution in [3.63, 3.8) is 0 Å². The summed E-state index contributed by atoms with van der Waals surface area (Å²) in [5.74, 6) is -0.414. The number of ether oxygens (including phenoxy) is 1. The normalized spacial score (nSPS) is 10.9. The fourth-order valence-electron chi connectivity index (χ4n) is 1.02. The summed E-state index contributed by atoms with van der Waals surface area (Å²) in [5, 5.41) is 2.75. The summed E-state index contributed by atoms with van der Waals surface area (Å²) in [7, 11) is 1.28. The van der Waals surface area contributed by atoms with Gasteiger partial charge in [0.25, 0.3) is 0 Å². The third-order valence-electron chi connectivity index (χ3n) is 1.87. The number of rotatable bonds is 4. The molecular weight excluding hydrogens is 277 g/mol. The number of methoxy groups -OCH3 is 1. The van der Waals surface area contributed by atoms with Crippen LogP contribution >= 0.6 is 0 Å². The molecule has 0 unspecified atom stereocenters. The Morgan fingerprint density at radius 3 is 2.38 bits per heavy atom. The molecule has 0 bridgehead atoms. The van der Waals surface area contributed by atoms with Crippen LogP contribution in [0.15, 0.2) is 24.3 Å². The topological polar surface area (TPSA) is 95.9 Å². The van der Waals surface area contributed by atoms with E-state index < -0.39 is 20.1 Å². The van der Waals surface area contributed by atoms with Crippen LogP contribution in [0.4, 0.5) is 5.69 Å². The zero-order valence-electron chi connectivity index (χ0n) is 8.58. The van der Waals surface area contributed by atoms with Crippen molar-refractivity contribution in [1.29, 1.82) is 0 Å². The van der Waals surface area contributed by atoms with E-state index in [1.807, 2.05) is 0 Å². The Morgan fingerprint density at radius 2 is 1.94 bits per heavy atom. The molecule has 0 amide bonds. The molecule has 0 aliphatic carbocycles. The van der Waals surface area contributed by atoms with Crippen molar-refractivity contribution >= 4 is 30.2 Å². The number of benzene rings is 1. The molecule has 1 rings (SSSR count). The number of anilines is 1. The first-order valence-electron chi connectivity index (χ1n) is 4.40. The second-order valence-corrected chi connectivity index (χ2v) is 6.39. The van der Waals surface area contributed by atoms with Crippen molar-refractivity contribution in [1.82, 2.24) is 0 Å². The number of hydrogen-bond donors (Lipinski definition) is 3. The van der Waals surface area contributed by atoms with Gasteiger partial charge in [0.05, 0.1) is 0 Å². The molecule has 1 aromatic rings. The average Bonchev–Trinajstić information content (AvgIpc) is 2.25. The molecule has 88 valence electrons. The SMILES string of the molecule is COC(=O)CNc1ccc([As](=O)(O)O)cc1. The monoisotopic (exact) mass is 289 g/mol. The van der Waals surface area contributed by atoms with E-state index in [1.165, 1.54) is 31.4 Å². The third-order valence-corrected chi connectivity index (χ3v) is 3.91. The molecule has 0 aromatic heterocycles. The molecule has 0 heterocycles. The van der Waals surface area contributed by atoms with Crippen LogP contribution in [0.25, 0.3) is 0 Å². The zero-order valence-corrected chi connectivity index (χ0v) is 10.5. The predicted octanol–water partition coefficient (Wildman–Crippen LogP) is -1.17. The summed E-state index contributed by atoms with van der Waals surface area (Å²) in [4.78, 5) is 10.8. The standard InChI is InChI=1S/C9H12AsNO5/c1-16-9(12)6-11-8-4-2-7(3-5-8)10(13,14)15/h2-5,11H,6H2,1H3,(H2,13,14,15). The first-order valence-corrected chi connectivity index (χ1v) is 7.78. The van der Waals surface area contributed by atoms with Crippen LogP contribution in [0.2, 0.25) is 0 Å². The van der Waals surface area contributed by atoms with Crippen molar-refractivity contribution in [3.8, 4) is 0 Å². The Hall–Kier alpha value is -1.23. The summed E-state index contributed by atoms with van der Waals surface area (Å²) in [5.41, 5.74) is 0.595. The van der Waals surface area contributed by atoms with Crippen LogP contribution in [-0.4, -0.2) is 42.0 Å². The van der Waals surface area contributed by atoms with Gasteiger partial charge in [-0.25, -0.2) is 0 Å². The third kappa shape index (κ3) is 3.73. The molecule has 6 nitrogen and oxygen atoms in total. The van der Waals surface area contributed by atoms with Gasteiger partial charge in [-0.1, -0.05) is 0 Å². The van der Waals surface area contributed by atoms with Crippen LogP contribution in [0.1, 0.15) is 0 Å². The fraction of sp³-hybridized carbons (Fsp3) is 0.222. The maximum atomic E-state index is 10.9. The van der Waals surface area contributed by atoms with Crippen molar-refractivity contribution in [2.45, 2.75) is 0 Å². The molecule has 0 aliphatic rings. The zero-order chi connectivity index (χ0) is 12.2. The Balaban J connectivity index is 2.65. The van der Waals surface area contributed by atoms with Gasteiger partial charge in [-0.2, -0.15) is 0 Å². The van der Waals surface area contributed by atoms with E-state index in [1.54, 1.807) is 0 Å². The number of carbonyl (C=O) groups is 1. The molecule has 1 aromatic carbocycles. The van der Waals surface area contributed by atoms with Crippen LogP contribution < -0.4 is 9.67 Å². The van der Waals surface area contributed by atoms with E-state index in [9.17, 15) is 8.53 Å². The van der Waals surface area contributed by atoms with Crippen LogP contribution in [0, 0.1) is 0 Å². The van der Waals surface area contributed by atoms with E-state index in [4.69, 9.17) is 8.19 Å². The minimum atomic E-state index is -4.81. The second kappa shape index (κ2) is 5.20. The van der Waals surface area contributed by atoms with Gasteiger partial charge in [0.15, 0.2) is 0 Å². The Morgan fingerprint density at radius 1 is 1.38 bits per heavy atom. The van der Waals surface area contributed by atoms with Crippen LogP contribution in [0.5, 0.6) is 0 Å². The molecule has 0 radical (unpaired) electrons. The number of carbonyl (C=O) groups excluding carboxylic acids is 1. The molecule has 3 N–H and O–H groups in total. The van der Waals surface area contributed by atoms with E-state index in [2.05, 4.69) is 10.1 Å². The van der Waals surface area contributed by atoms with Crippen molar-refractivity contribution in [3.05, 3.63) is 24.3 Å². The molecule has 7 heteroatoms. The average molecular weight is 289 g/mol. The maximum absolute atomic E-state index is 10.9. The Bertz CT molecular complexity index is 410. The molecular formula is C9H12AsNO5. The van der Waals surface area contributed by atoms with Crippen molar-refractivity contribution in [2.24, 2.45) is 0 Å².